The number of nitrogens with one attached hydrogen (secondary N) is 1. The van der Waals surface area contributed by atoms with E-state index in [-0.39, 0.29) is 0 Å². The van der Waals surface area contributed by atoms with Crippen LogP contribution >= 0.6 is 0 Å². The van der Waals surface area contributed by atoms with Crippen LogP contribution in [0.3, 0.4) is 0 Å². The number of methoxy groups -OCH3 is 2. The molecule has 4 nitrogen and oxygen atoms in total. The van der Waals surface area contributed by atoms with Crippen LogP contribution in [-0.4, -0.2) is 32.9 Å². The van der Waals surface area contributed by atoms with E-state index in [9.17, 15) is 5.11 Å². The molecule has 102 valence electrons. The summed E-state index contributed by atoms with van der Waals surface area (Å²) in [7, 11) is 5.06. The summed E-state index contributed by atoms with van der Waals surface area (Å²) >= 11 is 0. The van der Waals surface area contributed by atoms with E-state index < -0.39 is 6.10 Å². The number of likely N-dealkylation sites (N-methyl/N-ethyl adjacent to an activating group) is 1. The Bertz CT molecular complexity index is 569. The summed E-state index contributed by atoms with van der Waals surface area (Å²) in [6.45, 7) is 0.478. The van der Waals surface area contributed by atoms with Crippen molar-refractivity contribution < 1.29 is 14.6 Å². The number of hydrogen-bond acceptors (Lipinski definition) is 4. The molecule has 0 radical (unpaired) electrons. The van der Waals surface area contributed by atoms with Gasteiger partial charge < -0.3 is 19.9 Å². The molecule has 2 rings (SSSR count). The maximum Gasteiger partial charge on any atom is 0.132 e. The molecule has 2 aromatic rings. The number of rotatable bonds is 5. The molecule has 2 N–H and O–H groups in total. The third kappa shape index (κ3) is 2.50. The monoisotopic (exact) mass is 261 g/mol. The third-order valence-electron chi connectivity index (χ3n) is 3.18. The molecular formula is C15H19NO3. The fourth-order valence-corrected chi connectivity index (χ4v) is 2.29. The highest BCUT2D eigenvalue weighted by atomic mass is 16.5. The maximum atomic E-state index is 10.1. The minimum absolute atomic E-state index is 0.478. The van der Waals surface area contributed by atoms with Crippen LogP contribution in [0.15, 0.2) is 30.3 Å². The van der Waals surface area contributed by atoms with Gasteiger partial charge in [0.15, 0.2) is 0 Å². The Kier molecular flexibility index (Phi) is 4.24. The molecule has 4 heteroatoms. The summed E-state index contributed by atoms with van der Waals surface area (Å²) < 4.78 is 10.8. The standard InChI is InChI=1S/C15H19NO3/c1-16-9-13(17)12-8-7-10-11(15(12)19-3)5-4-6-14(10)18-2/h4-8,13,16-17H,9H2,1-3H3. The number of benzene rings is 2. The van der Waals surface area contributed by atoms with Gasteiger partial charge in [0.25, 0.3) is 0 Å². The Morgan fingerprint density at radius 3 is 2.53 bits per heavy atom. The van der Waals surface area contributed by atoms with Gasteiger partial charge in [-0.2, -0.15) is 0 Å². The molecule has 0 aromatic heterocycles. The average Bonchev–Trinajstić information content (AvgIpc) is 2.45. The summed E-state index contributed by atoms with van der Waals surface area (Å²) in [5, 5.41) is 15.0. The lowest BCUT2D eigenvalue weighted by atomic mass is 10.0. The van der Waals surface area contributed by atoms with Crippen molar-refractivity contribution in [3.63, 3.8) is 0 Å². The van der Waals surface area contributed by atoms with Gasteiger partial charge in [0.1, 0.15) is 11.5 Å². The second-order valence-electron chi connectivity index (χ2n) is 4.32. The van der Waals surface area contributed by atoms with Crippen LogP contribution in [0.1, 0.15) is 11.7 Å². The van der Waals surface area contributed by atoms with Crippen LogP contribution in [0.2, 0.25) is 0 Å². The predicted molar refractivity (Wildman–Crippen MR) is 75.9 cm³/mol. The molecule has 0 amide bonds. The predicted octanol–water partition coefficient (Wildman–Crippen LogP) is 2.11. The van der Waals surface area contributed by atoms with Crippen molar-refractivity contribution in [2.75, 3.05) is 27.8 Å². The van der Waals surface area contributed by atoms with Crippen molar-refractivity contribution in [2.45, 2.75) is 6.10 Å². The fourth-order valence-electron chi connectivity index (χ4n) is 2.29. The number of hydrogen-bond donors (Lipinski definition) is 2. The summed E-state index contributed by atoms with van der Waals surface area (Å²) in [6, 6.07) is 9.62. The van der Waals surface area contributed by atoms with E-state index >= 15 is 0 Å². The molecule has 0 saturated carbocycles. The zero-order chi connectivity index (χ0) is 13.8. The van der Waals surface area contributed by atoms with Gasteiger partial charge in [0, 0.05) is 22.9 Å². The largest absolute Gasteiger partial charge is 0.496 e. The highest BCUT2D eigenvalue weighted by Crippen LogP contribution is 2.37. The molecule has 0 aliphatic rings. The van der Waals surface area contributed by atoms with Gasteiger partial charge in [0.05, 0.1) is 20.3 Å². The van der Waals surface area contributed by atoms with E-state index in [1.807, 2.05) is 30.3 Å². The van der Waals surface area contributed by atoms with Gasteiger partial charge in [0.2, 0.25) is 0 Å². The van der Waals surface area contributed by atoms with E-state index in [1.54, 1.807) is 21.3 Å². The number of aliphatic hydroxyl groups excluding tert-OH is 1. The summed E-state index contributed by atoms with van der Waals surface area (Å²) in [5.74, 6) is 1.49. The smallest absolute Gasteiger partial charge is 0.132 e. The van der Waals surface area contributed by atoms with E-state index in [1.165, 1.54) is 0 Å². The lowest BCUT2D eigenvalue weighted by Gasteiger charge is -2.17. The molecule has 0 saturated heterocycles. The van der Waals surface area contributed by atoms with E-state index in [0.717, 1.165) is 22.1 Å². The van der Waals surface area contributed by atoms with Crippen LogP contribution in [0.5, 0.6) is 11.5 Å². The zero-order valence-electron chi connectivity index (χ0n) is 11.4. The normalized spacial score (nSPS) is 12.4. The van der Waals surface area contributed by atoms with Crippen molar-refractivity contribution >= 4 is 10.8 Å². The van der Waals surface area contributed by atoms with Crippen molar-refractivity contribution in [2.24, 2.45) is 0 Å². The number of fused-ring (bicyclic) bond motifs is 1. The highest BCUT2D eigenvalue weighted by molar-refractivity contribution is 5.94. The average molecular weight is 261 g/mol. The fraction of sp³-hybridized carbons (Fsp3) is 0.333. The lowest BCUT2D eigenvalue weighted by molar-refractivity contribution is 0.174. The van der Waals surface area contributed by atoms with Crippen LogP contribution in [0, 0.1) is 0 Å². The molecular weight excluding hydrogens is 242 g/mol. The quantitative estimate of drug-likeness (QED) is 0.865. The van der Waals surface area contributed by atoms with Crippen LogP contribution in [0.25, 0.3) is 10.8 Å². The summed E-state index contributed by atoms with van der Waals surface area (Å²) in [6.07, 6.45) is -0.601. The first-order valence-electron chi connectivity index (χ1n) is 6.19. The van der Waals surface area contributed by atoms with E-state index in [0.29, 0.717) is 12.3 Å². The number of aliphatic hydroxyl groups is 1. The van der Waals surface area contributed by atoms with Crippen molar-refractivity contribution in [3.8, 4) is 11.5 Å². The summed E-state index contributed by atoms with van der Waals surface area (Å²) in [5.41, 5.74) is 0.776. The Morgan fingerprint density at radius 1 is 1.11 bits per heavy atom. The topological polar surface area (TPSA) is 50.7 Å². The second-order valence-corrected chi connectivity index (χ2v) is 4.32. The van der Waals surface area contributed by atoms with Gasteiger partial charge in [-0.3, -0.25) is 0 Å². The zero-order valence-corrected chi connectivity index (χ0v) is 11.4. The first-order chi connectivity index (χ1) is 9.22. The molecule has 2 aromatic carbocycles. The Labute approximate surface area is 113 Å². The van der Waals surface area contributed by atoms with Gasteiger partial charge in [-0.05, 0) is 13.1 Å². The molecule has 1 unspecified atom stereocenters. The van der Waals surface area contributed by atoms with Crippen molar-refractivity contribution in [3.05, 3.63) is 35.9 Å². The molecule has 0 fully saturated rings. The van der Waals surface area contributed by atoms with Crippen LogP contribution in [-0.2, 0) is 0 Å². The lowest BCUT2D eigenvalue weighted by Crippen LogP contribution is -2.17. The molecule has 1 atom stereocenters. The summed E-state index contributed by atoms with van der Waals surface area (Å²) in [4.78, 5) is 0. The maximum absolute atomic E-state index is 10.1. The minimum Gasteiger partial charge on any atom is -0.496 e. The first kappa shape index (κ1) is 13.6. The van der Waals surface area contributed by atoms with Gasteiger partial charge >= 0.3 is 0 Å². The Hall–Kier alpha value is -1.78. The Morgan fingerprint density at radius 2 is 1.89 bits per heavy atom. The number of ether oxygens (including phenoxy) is 2. The minimum atomic E-state index is -0.601. The highest BCUT2D eigenvalue weighted by Gasteiger charge is 2.16. The molecule has 0 spiro atoms. The SMILES string of the molecule is CNCC(O)c1ccc2c(OC)cccc2c1OC. The van der Waals surface area contributed by atoms with Gasteiger partial charge in [-0.25, -0.2) is 0 Å². The van der Waals surface area contributed by atoms with Crippen LogP contribution < -0.4 is 14.8 Å². The Balaban J connectivity index is 2.63. The third-order valence-corrected chi connectivity index (χ3v) is 3.18. The molecule has 0 bridgehead atoms. The van der Waals surface area contributed by atoms with Gasteiger partial charge in [-0.1, -0.05) is 24.3 Å². The van der Waals surface area contributed by atoms with E-state index in [2.05, 4.69) is 5.32 Å². The molecule has 0 aliphatic carbocycles. The molecule has 19 heavy (non-hydrogen) atoms. The molecule has 0 heterocycles. The first-order valence-corrected chi connectivity index (χ1v) is 6.19. The van der Waals surface area contributed by atoms with Crippen molar-refractivity contribution in [1.29, 1.82) is 0 Å². The van der Waals surface area contributed by atoms with Crippen molar-refractivity contribution in [1.82, 2.24) is 5.32 Å². The van der Waals surface area contributed by atoms with Gasteiger partial charge in [-0.15, -0.1) is 0 Å². The second kappa shape index (κ2) is 5.91. The van der Waals surface area contributed by atoms with Crippen LogP contribution in [0.4, 0.5) is 0 Å². The van der Waals surface area contributed by atoms with E-state index in [4.69, 9.17) is 9.47 Å². The molecule has 0 aliphatic heterocycles.